The fraction of sp³-hybridized carbons (Fsp3) is 0.407. The first-order valence-electron chi connectivity index (χ1n) is 12.6. The number of amides is 1. The van der Waals surface area contributed by atoms with Crippen molar-refractivity contribution >= 4 is 33.3 Å². The van der Waals surface area contributed by atoms with Gasteiger partial charge in [-0.2, -0.15) is 0 Å². The number of pyridine rings is 1. The lowest BCUT2D eigenvalue weighted by atomic mass is 9.78. The summed E-state index contributed by atoms with van der Waals surface area (Å²) in [6, 6.07) is 12.6. The number of anilines is 2. The predicted octanol–water partition coefficient (Wildman–Crippen LogP) is 4.73. The van der Waals surface area contributed by atoms with E-state index in [4.69, 9.17) is 4.52 Å². The first-order valence-corrected chi connectivity index (χ1v) is 14.2. The molecule has 202 valence electrons. The summed E-state index contributed by atoms with van der Waals surface area (Å²) in [4.78, 5) is 29.0. The van der Waals surface area contributed by atoms with Gasteiger partial charge in [0.1, 0.15) is 17.1 Å². The number of carbonyl (C=O) groups excluding carboxylic acids is 1. The maximum absolute atomic E-state index is 13.0. The fourth-order valence-corrected chi connectivity index (χ4v) is 6.34. The summed E-state index contributed by atoms with van der Waals surface area (Å²) in [5.74, 6) is -2.79. The second kappa shape index (κ2) is 11.3. The number of carbonyl (C=O) groups is 2. The predicted molar refractivity (Wildman–Crippen MR) is 143 cm³/mol. The minimum absolute atomic E-state index is 0.128. The van der Waals surface area contributed by atoms with Gasteiger partial charge in [-0.3, -0.25) is 14.3 Å². The molecule has 10 nitrogen and oxygen atoms in total. The van der Waals surface area contributed by atoms with Crippen LogP contribution in [0.5, 0.6) is 0 Å². The van der Waals surface area contributed by atoms with Gasteiger partial charge in [-0.15, -0.1) is 0 Å². The second-order valence-electron chi connectivity index (χ2n) is 9.82. The molecule has 2 aromatic heterocycles. The van der Waals surface area contributed by atoms with Crippen LogP contribution in [0.15, 0.2) is 47.0 Å². The van der Waals surface area contributed by atoms with Crippen LogP contribution in [0, 0.1) is 25.7 Å². The van der Waals surface area contributed by atoms with Crippen LogP contribution in [0.25, 0.3) is 11.5 Å². The molecule has 0 aliphatic heterocycles. The standard InChI is InChI=1S/C27H32N4O6S/c1-16(19-9-5-4-6-10-19)15-38(35,36)31-24-18(3)30-37-25(24)23-14-13-22(17(2)28-23)29-26(32)20-11-7-8-12-21(20)27(33)34/h4-6,9-10,13-14,16,20-21,31H,7-8,11-12,15H2,1-3H3,(H,29,32)(H,33,34)/t16?,20-,21-/m0/s1. The van der Waals surface area contributed by atoms with Crippen LogP contribution in [-0.2, 0) is 19.6 Å². The Morgan fingerprint density at radius 1 is 1.05 bits per heavy atom. The Kier molecular flexibility index (Phi) is 8.15. The summed E-state index contributed by atoms with van der Waals surface area (Å²) in [6.45, 7) is 5.18. The van der Waals surface area contributed by atoms with Crippen molar-refractivity contribution in [1.29, 1.82) is 0 Å². The molecule has 0 radical (unpaired) electrons. The van der Waals surface area contributed by atoms with Crippen molar-refractivity contribution in [2.24, 2.45) is 11.8 Å². The SMILES string of the molecule is Cc1nc(-c2onc(C)c2NS(=O)(=O)CC(C)c2ccccc2)ccc1NC(=O)[C@H]1CCCC[C@@H]1C(=O)O. The highest BCUT2D eigenvalue weighted by molar-refractivity contribution is 7.92. The number of aryl methyl sites for hydroxylation is 2. The van der Waals surface area contributed by atoms with Gasteiger partial charge in [0, 0.05) is 0 Å². The fourth-order valence-electron chi connectivity index (χ4n) is 4.85. The van der Waals surface area contributed by atoms with Gasteiger partial charge in [-0.1, -0.05) is 55.3 Å². The molecule has 2 heterocycles. The van der Waals surface area contributed by atoms with Crippen LogP contribution in [-0.4, -0.2) is 41.3 Å². The monoisotopic (exact) mass is 540 g/mol. The van der Waals surface area contributed by atoms with E-state index >= 15 is 0 Å². The van der Waals surface area contributed by atoms with E-state index in [0.29, 0.717) is 35.6 Å². The van der Waals surface area contributed by atoms with Gasteiger partial charge in [0.25, 0.3) is 0 Å². The quantitative estimate of drug-likeness (QED) is 0.352. The van der Waals surface area contributed by atoms with E-state index < -0.39 is 27.8 Å². The van der Waals surface area contributed by atoms with Gasteiger partial charge < -0.3 is 14.9 Å². The first kappa shape index (κ1) is 27.3. The van der Waals surface area contributed by atoms with E-state index in [1.807, 2.05) is 37.3 Å². The summed E-state index contributed by atoms with van der Waals surface area (Å²) in [5.41, 5.74) is 2.75. The zero-order valence-corrected chi connectivity index (χ0v) is 22.4. The van der Waals surface area contributed by atoms with Crippen molar-refractivity contribution in [3.8, 4) is 11.5 Å². The molecule has 0 bridgehead atoms. The van der Waals surface area contributed by atoms with Crippen LogP contribution >= 0.6 is 0 Å². The number of carboxylic acids is 1. The van der Waals surface area contributed by atoms with Crippen molar-refractivity contribution in [2.45, 2.75) is 52.4 Å². The number of aliphatic carboxylic acids is 1. The third-order valence-electron chi connectivity index (χ3n) is 6.95. The topological polar surface area (TPSA) is 151 Å². The molecule has 1 aliphatic carbocycles. The molecular formula is C27H32N4O6S. The number of aromatic nitrogens is 2. The lowest BCUT2D eigenvalue weighted by molar-refractivity contribution is -0.147. The van der Waals surface area contributed by atoms with Crippen LogP contribution in [0.2, 0.25) is 0 Å². The van der Waals surface area contributed by atoms with Crippen LogP contribution in [0.1, 0.15) is 55.5 Å². The van der Waals surface area contributed by atoms with E-state index in [9.17, 15) is 23.1 Å². The Morgan fingerprint density at radius 3 is 2.39 bits per heavy atom. The lowest BCUT2D eigenvalue weighted by Gasteiger charge is -2.27. The molecule has 1 unspecified atom stereocenters. The number of nitrogens with zero attached hydrogens (tertiary/aromatic N) is 2. The van der Waals surface area contributed by atoms with Crippen molar-refractivity contribution in [3.63, 3.8) is 0 Å². The van der Waals surface area contributed by atoms with Crippen molar-refractivity contribution < 1.29 is 27.6 Å². The van der Waals surface area contributed by atoms with E-state index in [-0.39, 0.29) is 29.0 Å². The minimum atomic E-state index is -3.75. The summed E-state index contributed by atoms with van der Waals surface area (Å²) < 4.78 is 34.0. The third kappa shape index (κ3) is 6.21. The second-order valence-corrected chi connectivity index (χ2v) is 11.6. The van der Waals surface area contributed by atoms with E-state index in [1.54, 1.807) is 26.0 Å². The van der Waals surface area contributed by atoms with Crippen LogP contribution < -0.4 is 10.0 Å². The van der Waals surface area contributed by atoms with Gasteiger partial charge in [0.15, 0.2) is 0 Å². The highest BCUT2D eigenvalue weighted by atomic mass is 32.2. The molecule has 1 saturated carbocycles. The molecule has 3 aromatic rings. The number of sulfonamides is 1. The molecule has 4 rings (SSSR count). The maximum atomic E-state index is 13.0. The number of rotatable bonds is 9. The largest absolute Gasteiger partial charge is 0.481 e. The van der Waals surface area contributed by atoms with E-state index in [1.165, 1.54) is 0 Å². The third-order valence-corrected chi connectivity index (χ3v) is 8.41. The summed E-state index contributed by atoms with van der Waals surface area (Å²) >= 11 is 0. The number of hydrogen-bond acceptors (Lipinski definition) is 7. The Balaban J connectivity index is 1.51. The Hall–Kier alpha value is -3.73. The van der Waals surface area contributed by atoms with Gasteiger partial charge in [0.05, 0.1) is 29.0 Å². The van der Waals surface area contributed by atoms with Gasteiger partial charge in [-0.05, 0) is 50.3 Å². The van der Waals surface area contributed by atoms with E-state index in [2.05, 4.69) is 20.2 Å². The summed E-state index contributed by atoms with van der Waals surface area (Å²) in [7, 11) is -3.75. The molecule has 38 heavy (non-hydrogen) atoms. The number of carboxylic acid groups (broad SMARTS) is 1. The molecule has 3 N–H and O–H groups in total. The van der Waals surface area contributed by atoms with Gasteiger partial charge in [-0.25, -0.2) is 13.4 Å². The van der Waals surface area contributed by atoms with Gasteiger partial charge in [0.2, 0.25) is 21.7 Å². The average Bonchev–Trinajstić information content (AvgIpc) is 3.24. The Morgan fingerprint density at radius 2 is 1.74 bits per heavy atom. The molecule has 0 saturated heterocycles. The minimum Gasteiger partial charge on any atom is -0.481 e. The molecule has 1 amide bonds. The Labute approximate surface area is 221 Å². The highest BCUT2D eigenvalue weighted by Crippen LogP contribution is 2.34. The number of hydrogen-bond donors (Lipinski definition) is 3. The molecule has 11 heteroatoms. The van der Waals surface area contributed by atoms with E-state index in [0.717, 1.165) is 18.4 Å². The summed E-state index contributed by atoms with van der Waals surface area (Å²) in [6.07, 6.45) is 2.61. The molecule has 1 aliphatic rings. The van der Waals surface area contributed by atoms with Crippen molar-refractivity contribution in [2.75, 3.05) is 15.8 Å². The molecule has 1 fully saturated rings. The smallest absolute Gasteiger partial charge is 0.307 e. The molecular weight excluding hydrogens is 508 g/mol. The van der Waals surface area contributed by atoms with Crippen molar-refractivity contribution in [3.05, 3.63) is 59.4 Å². The zero-order chi connectivity index (χ0) is 27.4. The zero-order valence-electron chi connectivity index (χ0n) is 21.6. The van der Waals surface area contributed by atoms with Crippen molar-refractivity contribution in [1.82, 2.24) is 10.1 Å². The van der Waals surface area contributed by atoms with Crippen LogP contribution in [0.4, 0.5) is 11.4 Å². The first-order chi connectivity index (χ1) is 18.1. The number of benzene rings is 1. The maximum Gasteiger partial charge on any atom is 0.307 e. The van der Waals surface area contributed by atoms with Crippen LogP contribution in [0.3, 0.4) is 0 Å². The average molecular weight is 541 g/mol. The number of nitrogens with one attached hydrogen (secondary N) is 2. The highest BCUT2D eigenvalue weighted by Gasteiger charge is 2.36. The Bertz CT molecular complexity index is 1420. The van der Waals surface area contributed by atoms with Gasteiger partial charge >= 0.3 is 5.97 Å². The molecule has 0 spiro atoms. The normalized spacial score (nSPS) is 18.5. The lowest BCUT2D eigenvalue weighted by Crippen LogP contribution is -2.36. The summed E-state index contributed by atoms with van der Waals surface area (Å²) in [5, 5.41) is 16.2. The molecule has 1 aromatic carbocycles. The molecule has 3 atom stereocenters.